The molecule has 0 unspecified atom stereocenters. The molecule has 200 valence electrons. The molecule has 2 heterocycles. The molecule has 0 saturated carbocycles. The molecule has 0 aliphatic carbocycles. The van der Waals surface area contributed by atoms with Crippen LogP contribution < -0.4 is 14.2 Å². The molecule has 0 spiro atoms. The van der Waals surface area contributed by atoms with Gasteiger partial charge in [-0.2, -0.15) is 0 Å². The molecule has 0 bridgehead atoms. The summed E-state index contributed by atoms with van der Waals surface area (Å²) in [6.07, 6.45) is 3.73. The highest BCUT2D eigenvalue weighted by molar-refractivity contribution is 5.43. The Balaban J connectivity index is 1.40. The Morgan fingerprint density at radius 1 is 1.05 bits per heavy atom. The molecule has 1 aromatic heterocycles. The van der Waals surface area contributed by atoms with E-state index >= 15 is 0 Å². The van der Waals surface area contributed by atoms with Crippen LogP contribution in [0.25, 0.3) is 0 Å². The second kappa shape index (κ2) is 12.0. The molecule has 2 aromatic carbocycles. The Hall–Kier alpha value is -3.07. The summed E-state index contributed by atoms with van der Waals surface area (Å²) in [5.41, 5.74) is 3.37. The number of β-amino-alcohol motifs (C(OH)–C–C–N with tert-alkyl or cyclic N) is 1. The quantitative estimate of drug-likeness (QED) is 0.445. The molecule has 1 aliphatic rings. The summed E-state index contributed by atoms with van der Waals surface area (Å²) in [4.78, 5) is 6.45. The first-order valence-electron chi connectivity index (χ1n) is 12.8. The molecular formula is C29H39N3O5. The highest BCUT2D eigenvalue weighted by Crippen LogP contribution is 2.29. The average Bonchev–Trinajstić information content (AvgIpc) is 3.18. The summed E-state index contributed by atoms with van der Waals surface area (Å²) < 4.78 is 25.6. The fourth-order valence-corrected chi connectivity index (χ4v) is 4.67. The van der Waals surface area contributed by atoms with E-state index in [1.807, 2.05) is 44.3 Å². The molecule has 0 amide bonds. The first-order valence-corrected chi connectivity index (χ1v) is 12.8. The van der Waals surface area contributed by atoms with Crippen LogP contribution in [0.5, 0.6) is 17.2 Å². The Morgan fingerprint density at radius 2 is 1.89 bits per heavy atom. The second-order valence-electron chi connectivity index (χ2n) is 9.98. The lowest BCUT2D eigenvalue weighted by Crippen LogP contribution is -2.48. The van der Waals surface area contributed by atoms with E-state index in [4.69, 9.17) is 18.9 Å². The van der Waals surface area contributed by atoms with Crippen LogP contribution in [0, 0.1) is 27.7 Å². The van der Waals surface area contributed by atoms with Crippen molar-refractivity contribution in [1.29, 1.82) is 0 Å². The SMILES string of the molecule is COc1ccc(CN2CCOC[C@](O)(COc3cc(C)cc(C)c3C)C2)cc1OCCn1ccnc1C. The van der Waals surface area contributed by atoms with Crippen molar-refractivity contribution in [2.45, 2.75) is 46.4 Å². The zero-order chi connectivity index (χ0) is 26.4. The van der Waals surface area contributed by atoms with E-state index in [0.29, 0.717) is 50.9 Å². The van der Waals surface area contributed by atoms with Crippen molar-refractivity contribution in [2.24, 2.45) is 0 Å². The summed E-state index contributed by atoms with van der Waals surface area (Å²) in [6, 6.07) is 10.1. The molecule has 1 fully saturated rings. The third-order valence-corrected chi connectivity index (χ3v) is 6.85. The van der Waals surface area contributed by atoms with Gasteiger partial charge in [-0.3, -0.25) is 4.90 Å². The van der Waals surface area contributed by atoms with Gasteiger partial charge in [-0.25, -0.2) is 4.98 Å². The average molecular weight is 510 g/mol. The van der Waals surface area contributed by atoms with E-state index in [2.05, 4.69) is 34.4 Å². The molecule has 1 aliphatic heterocycles. The number of aliphatic hydroxyl groups is 1. The van der Waals surface area contributed by atoms with E-state index < -0.39 is 5.60 Å². The first kappa shape index (κ1) is 27.0. The van der Waals surface area contributed by atoms with Gasteiger partial charge in [0.25, 0.3) is 0 Å². The monoisotopic (exact) mass is 509 g/mol. The van der Waals surface area contributed by atoms with Crippen LogP contribution in [0.4, 0.5) is 0 Å². The second-order valence-corrected chi connectivity index (χ2v) is 9.98. The molecular weight excluding hydrogens is 470 g/mol. The number of aryl methyl sites for hydroxylation is 3. The summed E-state index contributed by atoms with van der Waals surface area (Å²) in [6.45, 7) is 12.1. The maximum atomic E-state index is 11.4. The highest BCUT2D eigenvalue weighted by atomic mass is 16.5. The van der Waals surface area contributed by atoms with Crippen LogP contribution in [0.15, 0.2) is 42.7 Å². The van der Waals surface area contributed by atoms with Gasteiger partial charge in [-0.1, -0.05) is 12.1 Å². The fraction of sp³-hybridized carbons (Fsp3) is 0.483. The smallest absolute Gasteiger partial charge is 0.161 e. The van der Waals surface area contributed by atoms with Gasteiger partial charge < -0.3 is 28.6 Å². The van der Waals surface area contributed by atoms with Crippen molar-refractivity contribution in [1.82, 2.24) is 14.5 Å². The van der Waals surface area contributed by atoms with Crippen molar-refractivity contribution in [3.8, 4) is 17.2 Å². The molecule has 1 saturated heterocycles. The molecule has 37 heavy (non-hydrogen) atoms. The van der Waals surface area contributed by atoms with Gasteiger partial charge in [-0.15, -0.1) is 0 Å². The maximum absolute atomic E-state index is 11.4. The maximum Gasteiger partial charge on any atom is 0.161 e. The first-order chi connectivity index (χ1) is 17.8. The number of hydrogen-bond acceptors (Lipinski definition) is 7. The molecule has 8 nitrogen and oxygen atoms in total. The van der Waals surface area contributed by atoms with Crippen molar-refractivity contribution < 1.29 is 24.1 Å². The van der Waals surface area contributed by atoms with E-state index in [1.165, 1.54) is 5.56 Å². The van der Waals surface area contributed by atoms with Gasteiger partial charge in [0.2, 0.25) is 0 Å². The van der Waals surface area contributed by atoms with Crippen LogP contribution in [0.2, 0.25) is 0 Å². The molecule has 3 aromatic rings. The molecule has 1 N–H and O–H groups in total. The van der Waals surface area contributed by atoms with Gasteiger partial charge >= 0.3 is 0 Å². The van der Waals surface area contributed by atoms with Gasteiger partial charge in [0, 0.05) is 32.0 Å². The van der Waals surface area contributed by atoms with Crippen molar-refractivity contribution >= 4 is 0 Å². The van der Waals surface area contributed by atoms with Crippen LogP contribution >= 0.6 is 0 Å². The lowest BCUT2D eigenvalue weighted by molar-refractivity contribution is -0.0648. The van der Waals surface area contributed by atoms with Crippen LogP contribution in [-0.2, 0) is 17.8 Å². The molecule has 1 atom stereocenters. The Labute approximate surface area is 219 Å². The largest absolute Gasteiger partial charge is 0.493 e. The van der Waals surface area contributed by atoms with E-state index in [1.54, 1.807) is 13.3 Å². The van der Waals surface area contributed by atoms with Crippen LogP contribution in [-0.4, -0.2) is 71.8 Å². The van der Waals surface area contributed by atoms with Crippen LogP contribution in [0.3, 0.4) is 0 Å². The van der Waals surface area contributed by atoms with E-state index in [0.717, 1.165) is 28.3 Å². The van der Waals surface area contributed by atoms with Crippen molar-refractivity contribution in [3.05, 3.63) is 70.8 Å². The number of hydrogen-bond donors (Lipinski definition) is 1. The predicted molar refractivity (Wildman–Crippen MR) is 143 cm³/mol. The third-order valence-electron chi connectivity index (χ3n) is 6.85. The van der Waals surface area contributed by atoms with Crippen molar-refractivity contribution in [2.75, 3.05) is 46.6 Å². The lowest BCUT2D eigenvalue weighted by Gasteiger charge is -2.31. The third kappa shape index (κ3) is 7.03. The van der Waals surface area contributed by atoms with Gasteiger partial charge in [-0.05, 0) is 68.1 Å². The Bertz CT molecular complexity index is 1190. The zero-order valence-electron chi connectivity index (χ0n) is 22.6. The summed E-state index contributed by atoms with van der Waals surface area (Å²) in [5, 5.41) is 11.4. The minimum atomic E-state index is -1.12. The zero-order valence-corrected chi connectivity index (χ0v) is 22.6. The van der Waals surface area contributed by atoms with Gasteiger partial charge in [0.05, 0.1) is 26.9 Å². The Morgan fingerprint density at radius 3 is 2.65 bits per heavy atom. The number of benzene rings is 2. The number of aromatic nitrogens is 2. The molecule has 4 rings (SSSR count). The highest BCUT2D eigenvalue weighted by Gasteiger charge is 2.34. The van der Waals surface area contributed by atoms with Crippen molar-refractivity contribution in [3.63, 3.8) is 0 Å². The van der Waals surface area contributed by atoms with Gasteiger partial charge in [0.15, 0.2) is 11.5 Å². The number of rotatable bonds is 10. The number of methoxy groups -OCH3 is 1. The minimum Gasteiger partial charge on any atom is -0.493 e. The Kier molecular flexibility index (Phi) is 8.74. The number of ether oxygens (including phenoxy) is 4. The van der Waals surface area contributed by atoms with Gasteiger partial charge in [0.1, 0.15) is 30.4 Å². The number of nitrogens with zero attached hydrogens (tertiary/aromatic N) is 3. The summed E-state index contributed by atoms with van der Waals surface area (Å²) in [5.74, 6) is 3.16. The van der Waals surface area contributed by atoms with Crippen LogP contribution in [0.1, 0.15) is 28.1 Å². The van der Waals surface area contributed by atoms with E-state index in [-0.39, 0.29) is 13.2 Å². The topological polar surface area (TPSA) is 78.2 Å². The predicted octanol–water partition coefficient (Wildman–Crippen LogP) is 3.85. The normalized spacial score (nSPS) is 18.4. The number of imidazole rings is 1. The minimum absolute atomic E-state index is 0.165. The summed E-state index contributed by atoms with van der Waals surface area (Å²) in [7, 11) is 1.64. The summed E-state index contributed by atoms with van der Waals surface area (Å²) >= 11 is 0. The van der Waals surface area contributed by atoms with E-state index in [9.17, 15) is 5.11 Å². The fourth-order valence-electron chi connectivity index (χ4n) is 4.67. The standard InChI is InChI=1S/C29H39N3O5/c1-21-14-22(2)23(3)27(15-21)37-20-29(33)18-31(10-12-35-19-29)17-25-6-7-26(34-5)28(16-25)36-13-11-32-9-8-30-24(32)4/h6-9,14-16,33H,10-13,17-20H2,1-5H3/t29-/m0/s1. The molecule has 8 heteroatoms. The molecule has 0 radical (unpaired) electrons. The lowest BCUT2D eigenvalue weighted by atomic mass is 10.0.